The summed E-state index contributed by atoms with van der Waals surface area (Å²) in [6.45, 7) is 4.41. The molecule has 156 valence electrons. The van der Waals surface area contributed by atoms with E-state index in [9.17, 15) is 9.59 Å². The Hall–Kier alpha value is -1.98. The van der Waals surface area contributed by atoms with Gasteiger partial charge in [-0.05, 0) is 55.3 Å². The average molecular weight is 433 g/mol. The fourth-order valence-corrected chi connectivity index (χ4v) is 4.04. The standard InChI is InChI=1S/C23H29ClN2O2S/c1-4-21(23(28)25-3)26(16-18-9-7-17(2)8-10-18)22(27)6-5-15-29-20-13-11-19(24)12-14-20/h7-14,21H,4-6,15-16H2,1-3H3,(H,25,28). The molecule has 1 unspecified atom stereocenters. The van der Waals surface area contributed by atoms with Crippen molar-refractivity contribution in [1.82, 2.24) is 10.2 Å². The third kappa shape index (κ3) is 7.41. The molecule has 1 atom stereocenters. The lowest BCUT2D eigenvalue weighted by Gasteiger charge is -2.30. The second-order valence-corrected chi connectivity index (χ2v) is 8.56. The Bertz CT molecular complexity index is 794. The molecular formula is C23H29ClN2O2S. The van der Waals surface area contributed by atoms with Crippen molar-refractivity contribution < 1.29 is 9.59 Å². The molecule has 2 aromatic rings. The van der Waals surface area contributed by atoms with Crippen molar-refractivity contribution in [2.45, 2.75) is 50.6 Å². The SMILES string of the molecule is CCC(C(=O)NC)N(Cc1ccc(C)cc1)C(=O)CCCSc1ccc(Cl)cc1. The molecule has 0 saturated carbocycles. The van der Waals surface area contributed by atoms with Crippen molar-refractivity contribution in [3.8, 4) is 0 Å². The highest BCUT2D eigenvalue weighted by Gasteiger charge is 2.27. The molecule has 0 bridgehead atoms. The molecule has 29 heavy (non-hydrogen) atoms. The maximum Gasteiger partial charge on any atom is 0.242 e. The normalized spacial score (nSPS) is 11.7. The predicted octanol–water partition coefficient (Wildman–Crippen LogP) is 5.07. The molecule has 0 aromatic heterocycles. The first-order chi connectivity index (χ1) is 13.9. The van der Waals surface area contributed by atoms with Gasteiger partial charge in [0.2, 0.25) is 11.8 Å². The van der Waals surface area contributed by atoms with Crippen LogP contribution in [-0.4, -0.2) is 35.6 Å². The lowest BCUT2D eigenvalue weighted by Crippen LogP contribution is -2.48. The van der Waals surface area contributed by atoms with Gasteiger partial charge in [0.25, 0.3) is 0 Å². The zero-order chi connectivity index (χ0) is 21.2. The quantitative estimate of drug-likeness (QED) is 0.421. The first-order valence-electron chi connectivity index (χ1n) is 9.89. The molecule has 0 heterocycles. The van der Waals surface area contributed by atoms with Crippen LogP contribution in [0.2, 0.25) is 5.02 Å². The van der Waals surface area contributed by atoms with Crippen LogP contribution < -0.4 is 5.32 Å². The number of rotatable bonds is 10. The van der Waals surface area contributed by atoms with Crippen molar-refractivity contribution in [3.63, 3.8) is 0 Å². The molecule has 0 fully saturated rings. The van der Waals surface area contributed by atoms with Crippen LogP contribution in [0.4, 0.5) is 0 Å². The van der Waals surface area contributed by atoms with Gasteiger partial charge in [-0.3, -0.25) is 9.59 Å². The first-order valence-corrected chi connectivity index (χ1v) is 11.3. The number of hydrogen-bond acceptors (Lipinski definition) is 3. The molecule has 0 saturated heterocycles. The molecule has 2 amide bonds. The number of nitrogens with one attached hydrogen (secondary N) is 1. The molecule has 6 heteroatoms. The van der Waals surface area contributed by atoms with Gasteiger partial charge >= 0.3 is 0 Å². The Morgan fingerprint density at radius 2 is 1.76 bits per heavy atom. The zero-order valence-electron chi connectivity index (χ0n) is 17.3. The molecule has 4 nitrogen and oxygen atoms in total. The van der Waals surface area contributed by atoms with Crippen LogP contribution in [0.3, 0.4) is 0 Å². The highest BCUT2D eigenvalue weighted by Crippen LogP contribution is 2.22. The Kier molecular flexibility index (Phi) is 9.55. The molecule has 0 radical (unpaired) electrons. The number of benzene rings is 2. The number of thioether (sulfide) groups is 1. The van der Waals surface area contributed by atoms with E-state index >= 15 is 0 Å². The average Bonchev–Trinajstić information content (AvgIpc) is 2.73. The van der Waals surface area contributed by atoms with Crippen molar-refractivity contribution in [3.05, 3.63) is 64.7 Å². The topological polar surface area (TPSA) is 49.4 Å². The number of aryl methyl sites for hydroxylation is 1. The summed E-state index contributed by atoms with van der Waals surface area (Å²) in [4.78, 5) is 28.2. The highest BCUT2D eigenvalue weighted by atomic mass is 35.5. The zero-order valence-corrected chi connectivity index (χ0v) is 18.9. The molecule has 0 aliphatic rings. The van der Waals surface area contributed by atoms with Crippen molar-refractivity contribution in [2.75, 3.05) is 12.8 Å². The molecule has 2 rings (SSSR count). The van der Waals surface area contributed by atoms with E-state index in [1.807, 2.05) is 62.4 Å². The molecule has 2 aromatic carbocycles. The van der Waals surface area contributed by atoms with E-state index < -0.39 is 6.04 Å². The van der Waals surface area contributed by atoms with Crippen molar-refractivity contribution in [2.24, 2.45) is 0 Å². The van der Waals surface area contributed by atoms with Crippen LogP contribution in [0.15, 0.2) is 53.4 Å². The van der Waals surface area contributed by atoms with E-state index in [1.54, 1.807) is 23.7 Å². The second kappa shape index (κ2) is 11.9. The summed E-state index contributed by atoms with van der Waals surface area (Å²) < 4.78 is 0. The number of likely N-dealkylation sites (N-methyl/N-ethyl adjacent to an activating group) is 1. The first kappa shape index (κ1) is 23.3. The number of nitrogens with zero attached hydrogens (tertiary/aromatic N) is 1. The monoisotopic (exact) mass is 432 g/mol. The molecule has 1 N–H and O–H groups in total. The molecule has 0 aliphatic carbocycles. The van der Waals surface area contributed by atoms with E-state index in [1.165, 1.54) is 5.56 Å². The summed E-state index contributed by atoms with van der Waals surface area (Å²) in [5.74, 6) is 0.726. The van der Waals surface area contributed by atoms with Gasteiger partial charge in [-0.2, -0.15) is 0 Å². The third-order valence-electron chi connectivity index (χ3n) is 4.72. The minimum absolute atomic E-state index is 0.0118. The van der Waals surface area contributed by atoms with Gasteiger partial charge in [0.05, 0.1) is 0 Å². The number of carbonyl (C=O) groups excluding carboxylic acids is 2. The number of amides is 2. The fraction of sp³-hybridized carbons (Fsp3) is 0.391. The predicted molar refractivity (Wildman–Crippen MR) is 121 cm³/mol. The smallest absolute Gasteiger partial charge is 0.242 e. The summed E-state index contributed by atoms with van der Waals surface area (Å²) in [5.41, 5.74) is 2.20. The van der Waals surface area contributed by atoms with E-state index in [-0.39, 0.29) is 11.8 Å². The highest BCUT2D eigenvalue weighted by molar-refractivity contribution is 7.99. The van der Waals surface area contributed by atoms with Crippen LogP contribution in [-0.2, 0) is 16.1 Å². The number of carbonyl (C=O) groups is 2. The van der Waals surface area contributed by atoms with Crippen molar-refractivity contribution in [1.29, 1.82) is 0 Å². The van der Waals surface area contributed by atoms with Gasteiger partial charge in [-0.25, -0.2) is 0 Å². The van der Waals surface area contributed by atoms with Crippen LogP contribution in [0.25, 0.3) is 0 Å². The summed E-state index contributed by atoms with van der Waals surface area (Å²) in [7, 11) is 1.61. The number of hydrogen-bond donors (Lipinski definition) is 1. The van der Waals surface area contributed by atoms with E-state index in [0.29, 0.717) is 19.4 Å². The van der Waals surface area contributed by atoms with Gasteiger partial charge < -0.3 is 10.2 Å². The Morgan fingerprint density at radius 1 is 1.10 bits per heavy atom. The lowest BCUT2D eigenvalue weighted by atomic mass is 10.1. The third-order valence-corrected chi connectivity index (χ3v) is 6.07. The molecule has 0 aliphatic heterocycles. The largest absolute Gasteiger partial charge is 0.357 e. The maximum atomic E-state index is 13.0. The Balaban J connectivity index is 1.99. The maximum absolute atomic E-state index is 13.0. The summed E-state index contributed by atoms with van der Waals surface area (Å²) in [5, 5.41) is 3.41. The van der Waals surface area contributed by atoms with E-state index in [2.05, 4.69) is 5.32 Å². The van der Waals surface area contributed by atoms with E-state index in [0.717, 1.165) is 27.7 Å². The van der Waals surface area contributed by atoms with Gasteiger partial charge in [0.1, 0.15) is 6.04 Å². The van der Waals surface area contributed by atoms with Crippen LogP contribution in [0.1, 0.15) is 37.3 Å². The second-order valence-electron chi connectivity index (χ2n) is 6.95. The van der Waals surface area contributed by atoms with Gasteiger partial charge in [0.15, 0.2) is 0 Å². The van der Waals surface area contributed by atoms with Gasteiger partial charge in [0, 0.05) is 29.9 Å². The summed E-state index contributed by atoms with van der Waals surface area (Å²) in [6.07, 6.45) is 1.75. The molecule has 0 spiro atoms. The Morgan fingerprint density at radius 3 is 2.34 bits per heavy atom. The van der Waals surface area contributed by atoms with Crippen LogP contribution in [0.5, 0.6) is 0 Å². The lowest BCUT2D eigenvalue weighted by molar-refractivity contribution is -0.141. The van der Waals surface area contributed by atoms with E-state index in [4.69, 9.17) is 11.6 Å². The minimum atomic E-state index is -0.460. The van der Waals surface area contributed by atoms with Crippen molar-refractivity contribution >= 4 is 35.2 Å². The number of halogens is 1. The van der Waals surface area contributed by atoms with Crippen LogP contribution >= 0.6 is 23.4 Å². The Labute approximate surface area is 183 Å². The minimum Gasteiger partial charge on any atom is -0.357 e. The summed E-state index contributed by atoms with van der Waals surface area (Å²) in [6, 6.07) is 15.3. The van der Waals surface area contributed by atoms with Crippen LogP contribution in [0, 0.1) is 6.92 Å². The molecular weight excluding hydrogens is 404 g/mol. The fourth-order valence-electron chi connectivity index (χ4n) is 3.06. The summed E-state index contributed by atoms with van der Waals surface area (Å²) >= 11 is 7.62. The van der Waals surface area contributed by atoms with Gasteiger partial charge in [-0.15, -0.1) is 11.8 Å². The van der Waals surface area contributed by atoms with Gasteiger partial charge in [-0.1, -0.05) is 48.4 Å².